The third kappa shape index (κ3) is 3.31. The van der Waals surface area contributed by atoms with Crippen molar-refractivity contribution in [1.29, 1.82) is 0 Å². The Balaban J connectivity index is 1.85. The van der Waals surface area contributed by atoms with E-state index in [4.69, 9.17) is 0 Å². The highest BCUT2D eigenvalue weighted by Gasteiger charge is 2.28. The number of aromatic nitrogens is 2. The summed E-state index contributed by atoms with van der Waals surface area (Å²) in [5.41, 5.74) is 1.20. The lowest BCUT2D eigenvalue weighted by atomic mass is 10.0. The summed E-state index contributed by atoms with van der Waals surface area (Å²) < 4.78 is 1.81. The number of nitrogens with zero attached hydrogens (tertiary/aromatic N) is 4. The van der Waals surface area contributed by atoms with Gasteiger partial charge in [0.2, 0.25) is 0 Å². The second-order valence-electron chi connectivity index (χ2n) is 5.44. The van der Waals surface area contributed by atoms with E-state index in [0.717, 1.165) is 32.5 Å². The summed E-state index contributed by atoms with van der Waals surface area (Å²) in [6.45, 7) is 3.07. The average Bonchev–Trinajstić information content (AvgIpc) is 2.75. The Morgan fingerprint density at radius 2 is 2.17 bits per heavy atom. The summed E-state index contributed by atoms with van der Waals surface area (Å²) in [7, 11) is 6.14. The highest BCUT2D eigenvalue weighted by Crippen LogP contribution is 2.14. The molecule has 0 aliphatic carbocycles. The van der Waals surface area contributed by atoms with Crippen molar-refractivity contribution in [3.63, 3.8) is 0 Å². The Morgan fingerprint density at radius 1 is 1.39 bits per heavy atom. The number of rotatable bonds is 4. The van der Waals surface area contributed by atoms with Gasteiger partial charge in [0, 0.05) is 38.9 Å². The SMILES string of the molecule is CN1CCN(C)C(C(O)CCc2cnn(C)c2)C1. The van der Waals surface area contributed by atoms with E-state index < -0.39 is 0 Å². The van der Waals surface area contributed by atoms with Crippen LogP contribution in [0.25, 0.3) is 0 Å². The van der Waals surface area contributed by atoms with Crippen molar-refractivity contribution >= 4 is 0 Å². The van der Waals surface area contributed by atoms with Gasteiger partial charge in [-0.15, -0.1) is 0 Å². The van der Waals surface area contributed by atoms with Gasteiger partial charge in [0.05, 0.1) is 12.3 Å². The molecule has 0 spiro atoms. The van der Waals surface area contributed by atoms with Gasteiger partial charge < -0.3 is 10.0 Å². The molecule has 0 amide bonds. The standard InChI is InChI=1S/C13H24N4O/c1-15-6-7-16(2)12(10-15)13(18)5-4-11-8-14-17(3)9-11/h8-9,12-13,18H,4-7,10H2,1-3H3. The van der Waals surface area contributed by atoms with E-state index >= 15 is 0 Å². The van der Waals surface area contributed by atoms with Crippen LogP contribution in [0.4, 0.5) is 0 Å². The van der Waals surface area contributed by atoms with Crippen LogP contribution in [-0.2, 0) is 13.5 Å². The number of hydrogen-bond donors (Lipinski definition) is 1. The third-order valence-corrected chi connectivity index (χ3v) is 3.83. The van der Waals surface area contributed by atoms with E-state index in [0.29, 0.717) is 0 Å². The number of aliphatic hydroxyl groups excluding tert-OH is 1. The van der Waals surface area contributed by atoms with Gasteiger partial charge in [-0.2, -0.15) is 5.10 Å². The maximum Gasteiger partial charge on any atom is 0.0710 e. The molecule has 0 saturated carbocycles. The Morgan fingerprint density at radius 3 is 2.83 bits per heavy atom. The second kappa shape index (κ2) is 5.82. The van der Waals surface area contributed by atoms with Crippen LogP contribution in [-0.4, -0.2) is 70.6 Å². The van der Waals surface area contributed by atoms with Gasteiger partial charge in [0.15, 0.2) is 0 Å². The fourth-order valence-electron chi connectivity index (χ4n) is 2.57. The number of likely N-dealkylation sites (N-methyl/N-ethyl adjacent to an activating group) is 2. The normalized spacial score (nSPS) is 24.3. The van der Waals surface area contributed by atoms with E-state index in [9.17, 15) is 5.11 Å². The summed E-state index contributed by atoms with van der Waals surface area (Å²) in [5.74, 6) is 0. The van der Waals surface area contributed by atoms with Crippen molar-refractivity contribution in [3.8, 4) is 0 Å². The molecule has 2 rings (SSSR count). The molecule has 102 valence electrons. The van der Waals surface area contributed by atoms with E-state index in [1.165, 1.54) is 5.56 Å². The Labute approximate surface area is 109 Å². The minimum Gasteiger partial charge on any atom is -0.391 e. The summed E-state index contributed by atoms with van der Waals surface area (Å²) in [6.07, 6.45) is 5.32. The van der Waals surface area contributed by atoms with Crippen LogP contribution in [0.2, 0.25) is 0 Å². The minimum atomic E-state index is -0.266. The maximum absolute atomic E-state index is 10.3. The molecule has 1 aliphatic rings. The van der Waals surface area contributed by atoms with Gasteiger partial charge >= 0.3 is 0 Å². The lowest BCUT2D eigenvalue weighted by molar-refractivity contribution is 0.0111. The van der Waals surface area contributed by atoms with E-state index in [2.05, 4.69) is 29.0 Å². The number of aryl methyl sites for hydroxylation is 2. The molecule has 0 bridgehead atoms. The zero-order chi connectivity index (χ0) is 13.1. The smallest absolute Gasteiger partial charge is 0.0710 e. The predicted octanol–water partition coefficient (Wildman–Crippen LogP) is -0.0406. The molecule has 2 atom stereocenters. The number of piperazine rings is 1. The average molecular weight is 252 g/mol. The van der Waals surface area contributed by atoms with Crippen LogP contribution in [0.1, 0.15) is 12.0 Å². The fraction of sp³-hybridized carbons (Fsp3) is 0.769. The molecule has 1 aromatic rings. The molecule has 5 nitrogen and oxygen atoms in total. The van der Waals surface area contributed by atoms with Crippen LogP contribution < -0.4 is 0 Å². The highest BCUT2D eigenvalue weighted by atomic mass is 16.3. The fourth-order valence-corrected chi connectivity index (χ4v) is 2.57. The zero-order valence-electron chi connectivity index (χ0n) is 11.6. The first kappa shape index (κ1) is 13.5. The zero-order valence-corrected chi connectivity index (χ0v) is 11.6. The molecular formula is C13H24N4O. The van der Waals surface area contributed by atoms with Crippen molar-refractivity contribution in [3.05, 3.63) is 18.0 Å². The van der Waals surface area contributed by atoms with Gasteiger partial charge in [-0.3, -0.25) is 9.58 Å². The topological polar surface area (TPSA) is 44.5 Å². The molecule has 2 unspecified atom stereocenters. The largest absolute Gasteiger partial charge is 0.391 e. The molecule has 1 aliphatic heterocycles. The van der Waals surface area contributed by atoms with Crippen LogP contribution in [0, 0.1) is 0 Å². The van der Waals surface area contributed by atoms with Crippen molar-refractivity contribution in [2.75, 3.05) is 33.7 Å². The first-order valence-corrected chi connectivity index (χ1v) is 6.60. The monoisotopic (exact) mass is 252 g/mol. The van der Waals surface area contributed by atoms with Crippen molar-refractivity contribution in [2.45, 2.75) is 25.0 Å². The lowest BCUT2D eigenvalue weighted by Gasteiger charge is -2.40. The first-order valence-electron chi connectivity index (χ1n) is 6.60. The molecule has 18 heavy (non-hydrogen) atoms. The Kier molecular flexibility index (Phi) is 4.37. The maximum atomic E-state index is 10.3. The minimum absolute atomic E-state index is 0.250. The van der Waals surface area contributed by atoms with E-state index in [1.807, 2.05) is 24.1 Å². The number of hydrogen-bond acceptors (Lipinski definition) is 4. The van der Waals surface area contributed by atoms with Gasteiger partial charge in [-0.1, -0.05) is 0 Å². The predicted molar refractivity (Wildman–Crippen MR) is 71.5 cm³/mol. The van der Waals surface area contributed by atoms with Crippen LogP contribution >= 0.6 is 0 Å². The molecule has 1 fully saturated rings. The van der Waals surface area contributed by atoms with Gasteiger partial charge in [-0.05, 0) is 32.5 Å². The Hall–Kier alpha value is -0.910. The quantitative estimate of drug-likeness (QED) is 0.817. The van der Waals surface area contributed by atoms with Crippen LogP contribution in [0.5, 0.6) is 0 Å². The van der Waals surface area contributed by atoms with Crippen molar-refractivity contribution < 1.29 is 5.11 Å². The van der Waals surface area contributed by atoms with Gasteiger partial charge in [0.25, 0.3) is 0 Å². The molecule has 1 N–H and O–H groups in total. The summed E-state index contributed by atoms with van der Waals surface area (Å²) in [4.78, 5) is 4.56. The Bertz CT molecular complexity index is 379. The second-order valence-corrected chi connectivity index (χ2v) is 5.44. The summed E-state index contributed by atoms with van der Waals surface area (Å²) in [6, 6.07) is 0.250. The summed E-state index contributed by atoms with van der Waals surface area (Å²) >= 11 is 0. The van der Waals surface area contributed by atoms with E-state index in [1.54, 1.807) is 0 Å². The third-order valence-electron chi connectivity index (χ3n) is 3.83. The molecule has 0 radical (unpaired) electrons. The van der Waals surface area contributed by atoms with Crippen molar-refractivity contribution in [2.24, 2.45) is 7.05 Å². The molecular weight excluding hydrogens is 228 g/mol. The highest BCUT2D eigenvalue weighted by molar-refractivity contribution is 5.04. The van der Waals surface area contributed by atoms with E-state index in [-0.39, 0.29) is 12.1 Å². The first-order chi connectivity index (χ1) is 8.56. The molecule has 1 aromatic heterocycles. The molecule has 1 saturated heterocycles. The van der Waals surface area contributed by atoms with Crippen LogP contribution in [0.15, 0.2) is 12.4 Å². The van der Waals surface area contributed by atoms with Gasteiger partial charge in [-0.25, -0.2) is 0 Å². The van der Waals surface area contributed by atoms with Crippen LogP contribution in [0.3, 0.4) is 0 Å². The lowest BCUT2D eigenvalue weighted by Crippen LogP contribution is -2.55. The molecule has 2 heterocycles. The van der Waals surface area contributed by atoms with Gasteiger partial charge in [0.1, 0.15) is 0 Å². The number of aliphatic hydroxyl groups is 1. The van der Waals surface area contributed by atoms with Crippen molar-refractivity contribution in [1.82, 2.24) is 19.6 Å². The molecule has 5 heteroatoms. The summed E-state index contributed by atoms with van der Waals surface area (Å²) in [5, 5.41) is 14.5. The molecule has 0 aromatic carbocycles.